The molecule has 84 valence electrons. The third-order valence-electron chi connectivity index (χ3n) is 1.25. The summed E-state index contributed by atoms with van der Waals surface area (Å²) in [6.07, 6.45) is -12.2. The van der Waals surface area contributed by atoms with Crippen LogP contribution >= 0.6 is 0 Å². The lowest BCUT2D eigenvalue weighted by atomic mass is 10.3. The maximum absolute atomic E-state index is 12.4. The summed E-state index contributed by atoms with van der Waals surface area (Å²) < 4.78 is 63.0. The average molecular weight is 220 g/mol. The molecule has 0 atom stereocenters. The molecule has 0 saturated carbocycles. The number of alkyl halides is 5. The van der Waals surface area contributed by atoms with Crippen LogP contribution in [0.2, 0.25) is 0 Å². The monoisotopic (exact) mass is 220 g/mol. The van der Waals surface area contributed by atoms with Crippen LogP contribution in [-0.4, -0.2) is 18.3 Å². The van der Waals surface area contributed by atoms with Gasteiger partial charge in [0.2, 0.25) is 0 Å². The molecule has 0 aliphatic heterocycles. The van der Waals surface area contributed by atoms with Gasteiger partial charge in [0.15, 0.2) is 0 Å². The highest BCUT2D eigenvalue weighted by Gasteiger charge is 2.39. The number of hydrogen-bond acceptors (Lipinski definition) is 2. The molecule has 0 aliphatic rings. The molecule has 0 saturated heterocycles. The predicted molar refractivity (Wildman–Crippen MR) is 36.6 cm³/mol. The van der Waals surface area contributed by atoms with Crippen molar-refractivity contribution in [2.75, 3.05) is 0 Å². The van der Waals surface area contributed by atoms with Crippen molar-refractivity contribution in [3.8, 4) is 0 Å². The minimum atomic E-state index is -4.68. The van der Waals surface area contributed by atoms with Gasteiger partial charge in [-0.15, -0.1) is 0 Å². The normalized spacial score (nSPS) is 12.7. The Morgan fingerprint density at radius 1 is 1.14 bits per heavy atom. The van der Waals surface area contributed by atoms with Crippen molar-refractivity contribution >= 4 is 5.97 Å². The average Bonchev–Trinajstić information content (AvgIpc) is 1.99. The van der Waals surface area contributed by atoms with Gasteiger partial charge in [-0.2, -0.15) is 22.0 Å². The van der Waals surface area contributed by atoms with E-state index in [0.29, 0.717) is 0 Å². The molecule has 0 N–H and O–H groups in total. The smallest absolute Gasteiger partial charge is 0.400 e. The quantitative estimate of drug-likeness (QED) is 0.537. The topological polar surface area (TPSA) is 26.3 Å². The highest BCUT2D eigenvalue weighted by atomic mass is 19.4. The molecule has 14 heavy (non-hydrogen) atoms. The first-order valence-corrected chi connectivity index (χ1v) is 3.83. The van der Waals surface area contributed by atoms with Gasteiger partial charge in [0.1, 0.15) is 0 Å². The van der Waals surface area contributed by atoms with Crippen LogP contribution in [0, 0.1) is 0 Å². The molecule has 0 aromatic carbocycles. The van der Waals surface area contributed by atoms with Crippen molar-refractivity contribution < 1.29 is 31.5 Å². The van der Waals surface area contributed by atoms with Crippen LogP contribution in [0.5, 0.6) is 0 Å². The van der Waals surface area contributed by atoms with Gasteiger partial charge in [0, 0.05) is 6.42 Å². The third kappa shape index (κ3) is 6.62. The molecule has 7 heteroatoms. The zero-order valence-electron chi connectivity index (χ0n) is 7.33. The Bertz CT molecular complexity index is 199. The first-order chi connectivity index (χ1) is 6.16. The molecular formula is C7H9F5O2. The minimum absolute atomic E-state index is 0.304. The van der Waals surface area contributed by atoms with Crippen LogP contribution in [0.1, 0.15) is 26.2 Å². The molecule has 2 nitrogen and oxygen atoms in total. The molecular weight excluding hydrogens is 211 g/mol. The van der Waals surface area contributed by atoms with E-state index in [1.54, 1.807) is 0 Å². The maximum Gasteiger partial charge on any atom is 0.400 e. The van der Waals surface area contributed by atoms with Crippen molar-refractivity contribution in [2.24, 2.45) is 0 Å². The van der Waals surface area contributed by atoms with Crippen LogP contribution < -0.4 is 0 Å². The standard InChI is InChI=1S/C7H9F5O2/c1-2-5(13)14-7(11,12)4-3-6(8,9)10/h2-4H2,1H3. The summed E-state index contributed by atoms with van der Waals surface area (Å²) in [5.41, 5.74) is 0. The van der Waals surface area contributed by atoms with Crippen LogP contribution in [0.3, 0.4) is 0 Å². The Morgan fingerprint density at radius 2 is 1.64 bits per heavy atom. The number of halogens is 5. The van der Waals surface area contributed by atoms with Crippen molar-refractivity contribution in [1.82, 2.24) is 0 Å². The van der Waals surface area contributed by atoms with Gasteiger partial charge in [0.25, 0.3) is 0 Å². The van der Waals surface area contributed by atoms with Gasteiger partial charge in [-0.3, -0.25) is 4.79 Å². The van der Waals surface area contributed by atoms with Gasteiger partial charge in [-0.1, -0.05) is 6.92 Å². The maximum atomic E-state index is 12.4. The lowest BCUT2D eigenvalue weighted by Crippen LogP contribution is -2.26. The van der Waals surface area contributed by atoms with Crippen molar-refractivity contribution in [1.29, 1.82) is 0 Å². The van der Waals surface area contributed by atoms with Crippen LogP contribution in [0.4, 0.5) is 22.0 Å². The molecule has 0 aromatic heterocycles. The number of carbonyl (C=O) groups is 1. The van der Waals surface area contributed by atoms with Gasteiger partial charge in [-0.25, -0.2) is 0 Å². The number of ether oxygens (including phenoxy) is 1. The molecule has 0 heterocycles. The first-order valence-electron chi connectivity index (χ1n) is 3.83. The van der Waals surface area contributed by atoms with E-state index in [9.17, 15) is 26.7 Å². The number of carbonyl (C=O) groups excluding carboxylic acids is 1. The van der Waals surface area contributed by atoms with E-state index in [-0.39, 0.29) is 6.42 Å². The second kappa shape index (κ2) is 4.56. The second-order valence-electron chi connectivity index (χ2n) is 2.58. The number of rotatable bonds is 4. The minimum Gasteiger partial charge on any atom is -0.401 e. The Balaban J connectivity index is 4.01. The molecule has 0 unspecified atom stereocenters. The lowest BCUT2D eigenvalue weighted by Gasteiger charge is -2.16. The molecule has 0 fully saturated rings. The summed E-state index contributed by atoms with van der Waals surface area (Å²) in [5, 5.41) is 0. The van der Waals surface area contributed by atoms with Crippen LogP contribution in [-0.2, 0) is 9.53 Å². The highest BCUT2D eigenvalue weighted by molar-refractivity contribution is 5.69. The molecule has 0 aliphatic carbocycles. The number of hydrogen-bond donors (Lipinski definition) is 0. The molecule has 0 radical (unpaired) electrons. The Hall–Kier alpha value is -0.880. The highest BCUT2D eigenvalue weighted by Crippen LogP contribution is 2.30. The summed E-state index contributed by atoms with van der Waals surface area (Å²) in [5.74, 6) is -1.22. The van der Waals surface area contributed by atoms with Gasteiger partial charge in [-0.05, 0) is 0 Å². The summed E-state index contributed by atoms with van der Waals surface area (Å²) in [6.45, 7) is 1.27. The lowest BCUT2D eigenvalue weighted by molar-refractivity contribution is -0.247. The molecule has 0 spiro atoms. The van der Waals surface area contributed by atoms with E-state index < -0.39 is 31.1 Å². The fourth-order valence-electron chi connectivity index (χ4n) is 0.577. The molecule has 0 rings (SSSR count). The van der Waals surface area contributed by atoms with Gasteiger partial charge in [0.05, 0.1) is 12.8 Å². The summed E-state index contributed by atoms with van der Waals surface area (Å²) in [4.78, 5) is 10.4. The third-order valence-corrected chi connectivity index (χ3v) is 1.25. The Labute approximate surface area is 77.0 Å². The Morgan fingerprint density at radius 3 is 2.00 bits per heavy atom. The molecule has 0 amide bonds. The molecule has 0 bridgehead atoms. The fraction of sp³-hybridized carbons (Fsp3) is 0.857. The number of esters is 1. The zero-order chi connectivity index (χ0) is 11.4. The van der Waals surface area contributed by atoms with Crippen molar-refractivity contribution in [3.05, 3.63) is 0 Å². The van der Waals surface area contributed by atoms with E-state index >= 15 is 0 Å². The summed E-state index contributed by atoms with van der Waals surface area (Å²) in [6, 6.07) is 0. The van der Waals surface area contributed by atoms with Crippen LogP contribution in [0.25, 0.3) is 0 Å². The van der Waals surface area contributed by atoms with Crippen molar-refractivity contribution in [3.63, 3.8) is 0 Å². The second-order valence-corrected chi connectivity index (χ2v) is 2.58. The van der Waals surface area contributed by atoms with E-state index in [0.717, 1.165) is 0 Å². The zero-order valence-corrected chi connectivity index (χ0v) is 7.33. The van der Waals surface area contributed by atoms with Gasteiger partial charge < -0.3 is 4.74 Å². The predicted octanol–water partition coefficient (Wildman–Crippen LogP) is 2.87. The van der Waals surface area contributed by atoms with E-state index in [4.69, 9.17) is 0 Å². The van der Waals surface area contributed by atoms with E-state index in [1.807, 2.05) is 0 Å². The Kier molecular flexibility index (Phi) is 4.28. The van der Waals surface area contributed by atoms with Gasteiger partial charge >= 0.3 is 18.3 Å². The fourth-order valence-corrected chi connectivity index (χ4v) is 0.577. The molecule has 0 aromatic rings. The summed E-state index contributed by atoms with van der Waals surface area (Å²) in [7, 11) is 0. The van der Waals surface area contributed by atoms with E-state index in [1.165, 1.54) is 6.92 Å². The van der Waals surface area contributed by atoms with E-state index in [2.05, 4.69) is 4.74 Å². The first kappa shape index (κ1) is 13.1. The largest absolute Gasteiger partial charge is 0.401 e. The van der Waals surface area contributed by atoms with Crippen molar-refractivity contribution in [2.45, 2.75) is 38.5 Å². The summed E-state index contributed by atoms with van der Waals surface area (Å²) >= 11 is 0. The SMILES string of the molecule is CCC(=O)OC(F)(F)CCC(F)(F)F. The van der Waals surface area contributed by atoms with Crippen LogP contribution in [0.15, 0.2) is 0 Å².